The maximum atomic E-state index is 9.63. The number of β-amino-alcohol motifs (C(OH)–C–C–N with tert-alkyl or cyclic N) is 1. The molecule has 2 aromatic rings. The van der Waals surface area contributed by atoms with Crippen molar-refractivity contribution in [2.75, 3.05) is 33.4 Å². The van der Waals surface area contributed by atoms with Gasteiger partial charge in [-0.15, -0.1) is 0 Å². The Hall–Kier alpha value is -2.08. The molecule has 0 spiro atoms. The van der Waals surface area contributed by atoms with Gasteiger partial charge in [0.05, 0.1) is 19.3 Å². The monoisotopic (exact) mass is 383 g/mol. The van der Waals surface area contributed by atoms with E-state index in [0.717, 1.165) is 54.2 Å². The molecule has 4 rings (SSSR count). The minimum absolute atomic E-state index is 0.182. The summed E-state index contributed by atoms with van der Waals surface area (Å²) >= 11 is 0. The van der Waals surface area contributed by atoms with Gasteiger partial charge in [-0.1, -0.05) is 24.3 Å². The maximum absolute atomic E-state index is 9.63. The standard InChI is InChI=1S/C23H29NO4/c1-26-23-8-3-2-7-21(23)17-9-10-22(28-16-20-6-4-5-11-27-20)18(12-17)13-24-14-19(25)15-24/h2-3,7-10,12,19-20,25H,4-6,11,13-16H2,1H3. The summed E-state index contributed by atoms with van der Waals surface area (Å²) < 4.78 is 17.5. The highest BCUT2D eigenvalue weighted by molar-refractivity contribution is 5.71. The first-order valence-corrected chi connectivity index (χ1v) is 10.1. The molecule has 0 amide bonds. The summed E-state index contributed by atoms with van der Waals surface area (Å²) in [5, 5.41) is 9.63. The van der Waals surface area contributed by atoms with Crippen LogP contribution in [0.25, 0.3) is 11.1 Å². The predicted molar refractivity (Wildman–Crippen MR) is 109 cm³/mol. The molecule has 1 atom stereocenters. The molecule has 2 saturated heterocycles. The van der Waals surface area contributed by atoms with Crippen LogP contribution in [-0.4, -0.2) is 55.6 Å². The molecule has 0 aromatic heterocycles. The topological polar surface area (TPSA) is 51.2 Å². The lowest BCUT2D eigenvalue weighted by Crippen LogP contribution is -2.49. The van der Waals surface area contributed by atoms with Gasteiger partial charge in [-0.2, -0.15) is 0 Å². The zero-order valence-corrected chi connectivity index (χ0v) is 16.5. The fraction of sp³-hybridized carbons (Fsp3) is 0.478. The van der Waals surface area contributed by atoms with Gasteiger partial charge in [0.2, 0.25) is 0 Å². The van der Waals surface area contributed by atoms with E-state index in [-0.39, 0.29) is 12.2 Å². The lowest BCUT2D eigenvalue weighted by Gasteiger charge is -2.36. The molecule has 2 fully saturated rings. The molecule has 2 aliphatic rings. The van der Waals surface area contributed by atoms with E-state index in [1.807, 2.05) is 18.2 Å². The van der Waals surface area contributed by atoms with Crippen molar-refractivity contribution in [3.05, 3.63) is 48.0 Å². The molecule has 5 nitrogen and oxygen atoms in total. The van der Waals surface area contributed by atoms with Gasteiger partial charge in [-0.05, 0) is 43.0 Å². The smallest absolute Gasteiger partial charge is 0.126 e. The SMILES string of the molecule is COc1ccccc1-c1ccc(OCC2CCCCO2)c(CN2CC(O)C2)c1. The van der Waals surface area contributed by atoms with Crippen molar-refractivity contribution < 1.29 is 19.3 Å². The van der Waals surface area contributed by atoms with E-state index >= 15 is 0 Å². The van der Waals surface area contributed by atoms with Crippen molar-refractivity contribution >= 4 is 0 Å². The summed E-state index contributed by atoms with van der Waals surface area (Å²) in [5.74, 6) is 1.76. The molecule has 2 heterocycles. The molecular weight excluding hydrogens is 354 g/mol. The minimum Gasteiger partial charge on any atom is -0.496 e. The molecular formula is C23H29NO4. The number of hydrogen-bond donors (Lipinski definition) is 1. The highest BCUT2D eigenvalue weighted by atomic mass is 16.5. The van der Waals surface area contributed by atoms with Crippen LogP contribution in [0.1, 0.15) is 24.8 Å². The van der Waals surface area contributed by atoms with Crippen LogP contribution in [0.4, 0.5) is 0 Å². The molecule has 1 N–H and O–H groups in total. The van der Waals surface area contributed by atoms with Crippen LogP contribution in [0.3, 0.4) is 0 Å². The van der Waals surface area contributed by atoms with Gasteiger partial charge >= 0.3 is 0 Å². The number of rotatable bonds is 7. The van der Waals surface area contributed by atoms with Gasteiger partial charge in [0.1, 0.15) is 18.1 Å². The van der Waals surface area contributed by atoms with E-state index in [1.165, 1.54) is 6.42 Å². The minimum atomic E-state index is -0.211. The van der Waals surface area contributed by atoms with Gasteiger partial charge in [-0.25, -0.2) is 0 Å². The molecule has 0 saturated carbocycles. The number of para-hydroxylation sites is 1. The Morgan fingerprint density at radius 3 is 2.71 bits per heavy atom. The van der Waals surface area contributed by atoms with E-state index < -0.39 is 0 Å². The van der Waals surface area contributed by atoms with Gasteiger partial charge in [-0.3, -0.25) is 4.90 Å². The van der Waals surface area contributed by atoms with Crippen molar-refractivity contribution in [1.29, 1.82) is 0 Å². The number of likely N-dealkylation sites (tertiary alicyclic amines) is 1. The van der Waals surface area contributed by atoms with Crippen LogP contribution in [0, 0.1) is 0 Å². The van der Waals surface area contributed by atoms with Gasteiger partial charge in [0.25, 0.3) is 0 Å². The largest absolute Gasteiger partial charge is 0.496 e. The highest BCUT2D eigenvalue weighted by Crippen LogP contribution is 2.34. The van der Waals surface area contributed by atoms with E-state index in [1.54, 1.807) is 7.11 Å². The Morgan fingerprint density at radius 2 is 1.96 bits per heavy atom. The zero-order valence-electron chi connectivity index (χ0n) is 16.5. The average Bonchev–Trinajstić information content (AvgIpc) is 2.72. The van der Waals surface area contributed by atoms with Crippen molar-refractivity contribution in [2.45, 2.75) is 38.0 Å². The second-order valence-electron chi connectivity index (χ2n) is 7.67. The summed E-state index contributed by atoms with van der Waals surface area (Å²) in [4.78, 5) is 2.23. The third-order valence-electron chi connectivity index (χ3n) is 5.51. The van der Waals surface area contributed by atoms with Crippen LogP contribution >= 0.6 is 0 Å². The Labute approximate surface area is 166 Å². The number of nitrogens with zero attached hydrogens (tertiary/aromatic N) is 1. The molecule has 2 aliphatic heterocycles. The van der Waals surface area contributed by atoms with Gasteiger partial charge < -0.3 is 19.3 Å². The summed E-state index contributed by atoms with van der Waals surface area (Å²) in [6.07, 6.45) is 3.39. The Kier molecular flexibility index (Phi) is 6.15. The second-order valence-corrected chi connectivity index (χ2v) is 7.67. The average molecular weight is 383 g/mol. The fourth-order valence-corrected chi connectivity index (χ4v) is 3.93. The Bertz CT molecular complexity index is 782. The number of hydrogen-bond acceptors (Lipinski definition) is 5. The summed E-state index contributed by atoms with van der Waals surface area (Å²) in [6, 6.07) is 14.4. The summed E-state index contributed by atoms with van der Waals surface area (Å²) in [7, 11) is 1.70. The van der Waals surface area contributed by atoms with Gasteiger partial charge in [0.15, 0.2) is 0 Å². The van der Waals surface area contributed by atoms with Crippen LogP contribution in [-0.2, 0) is 11.3 Å². The first-order valence-electron chi connectivity index (χ1n) is 10.1. The second kappa shape index (κ2) is 8.95. The Balaban J connectivity index is 1.55. The summed E-state index contributed by atoms with van der Waals surface area (Å²) in [6.45, 7) is 3.61. The van der Waals surface area contributed by atoms with Crippen molar-refractivity contribution in [2.24, 2.45) is 0 Å². The predicted octanol–water partition coefficient (Wildman–Crippen LogP) is 3.49. The number of methoxy groups -OCH3 is 1. The molecule has 150 valence electrons. The van der Waals surface area contributed by atoms with E-state index in [9.17, 15) is 5.11 Å². The van der Waals surface area contributed by atoms with Crippen LogP contribution in [0.15, 0.2) is 42.5 Å². The first-order chi connectivity index (χ1) is 13.7. The lowest BCUT2D eigenvalue weighted by molar-refractivity contribution is -0.0131. The van der Waals surface area contributed by atoms with Crippen molar-refractivity contribution in [1.82, 2.24) is 4.90 Å². The van der Waals surface area contributed by atoms with Crippen molar-refractivity contribution in [3.63, 3.8) is 0 Å². The summed E-state index contributed by atoms with van der Waals surface area (Å²) in [5.41, 5.74) is 3.30. The molecule has 0 radical (unpaired) electrons. The molecule has 2 aromatic carbocycles. The molecule has 0 aliphatic carbocycles. The van der Waals surface area contributed by atoms with Gasteiger partial charge in [0, 0.05) is 37.4 Å². The van der Waals surface area contributed by atoms with Crippen LogP contribution < -0.4 is 9.47 Å². The highest BCUT2D eigenvalue weighted by Gasteiger charge is 2.25. The first kappa shape index (κ1) is 19.2. The lowest BCUT2D eigenvalue weighted by atomic mass is 10.00. The third kappa shape index (κ3) is 4.49. The van der Waals surface area contributed by atoms with E-state index in [4.69, 9.17) is 14.2 Å². The van der Waals surface area contributed by atoms with Crippen LogP contribution in [0.5, 0.6) is 11.5 Å². The molecule has 28 heavy (non-hydrogen) atoms. The van der Waals surface area contributed by atoms with E-state index in [2.05, 4.69) is 29.2 Å². The maximum Gasteiger partial charge on any atom is 0.126 e. The number of benzene rings is 2. The molecule has 0 bridgehead atoms. The fourth-order valence-electron chi connectivity index (χ4n) is 3.93. The number of aliphatic hydroxyl groups excluding tert-OH is 1. The van der Waals surface area contributed by atoms with Crippen molar-refractivity contribution in [3.8, 4) is 22.6 Å². The Morgan fingerprint density at radius 1 is 1.11 bits per heavy atom. The molecule has 5 heteroatoms. The normalized spacial score (nSPS) is 20.6. The third-order valence-corrected chi connectivity index (χ3v) is 5.51. The number of ether oxygens (including phenoxy) is 3. The van der Waals surface area contributed by atoms with Crippen LogP contribution in [0.2, 0.25) is 0 Å². The van der Waals surface area contributed by atoms with E-state index in [0.29, 0.717) is 19.7 Å². The molecule has 1 unspecified atom stereocenters. The number of aliphatic hydroxyl groups is 1. The zero-order chi connectivity index (χ0) is 19.3. The quantitative estimate of drug-likeness (QED) is 0.793.